The van der Waals surface area contributed by atoms with Crippen molar-refractivity contribution >= 4 is 23.2 Å². The number of carbonyl (C=O) groups is 2. The largest absolute Gasteiger partial charge is 0.494 e. The molecule has 0 radical (unpaired) electrons. The van der Waals surface area contributed by atoms with Gasteiger partial charge in [-0.05, 0) is 103 Å². The van der Waals surface area contributed by atoms with Gasteiger partial charge in [-0.25, -0.2) is 0 Å². The summed E-state index contributed by atoms with van der Waals surface area (Å²) >= 11 is 0. The predicted molar refractivity (Wildman–Crippen MR) is 193 cm³/mol. The number of anilines is 2. The first kappa shape index (κ1) is 35.3. The summed E-state index contributed by atoms with van der Waals surface area (Å²) < 4.78 is 11.6. The summed E-state index contributed by atoms with van der Waals surface area (Å²) in [4.78, 5) is 25.5. The van der Waals surface area contributed by atoms with Crippen LogP contribution in [0.5, 0.6) is 11.5 Å². The Balaban J connectivity index is 1.18. The van der Waals surface area contributed by atoms with Gasteiger partial charge in [0.05, 0.1) is 13.2 Å². The van der Waals surface area contributed by atoms with Gasteiger partial charge in [-0.15, -0.1) is 0 Å². The third-order valence-electron chi connectivity index (χ3n) is 8.10. The molecule has 2 N–H and O–H groups in total. The Bertz CT molecular complexity index is 1370. The number of unbranched alkanes of at least 4 members (excludes halogenated alkanes) is 8. The van der Waals surface area contributed by atoms with Crippen LogP contribution in [0.15, 0.2) is 97.1 Å². The quantitative estimate of drug-likeness (QED) is 0.0949. The van der Waals surface area contributed by atoms with Crippen LogP contribution in [0.2, 0.25) is 0 Å². The van der Waals surface area contributed by atoms with Gasteiger partial charge in [-0.3, -0.25) is 9.59 Å². The van der Waals surface area contributed by atoms with E-state index in [1.165, 1.54) is 51.4 Å². The molecule has 47 heavy (non-hydrogen) atoms. The van der Waals surface area contributed by atoms with Gasteiger partial charge < -0.3 is 20.1 Å². The van der Waals surface area contributed by atoms with Gasteiger partial charge in [-0.2, -0.15) is 0 Å². The van der Waals surface area contributed by atoms with E-state index in [1.807, 2.05) is 72.8 Å². The van der Waals surface area contributed by atoms with Gasteiger partial charge in [-0.1, -0.05) is 89.5 Å². The third-order valence-corrected chi connectivity index (χ3v) is 8.10. The molecule has 4 aromatic carbocycles. The lowest BCUT2D eigenvalue weighted by atomic mass is 10.0. The molecule has 0 fully saturated rings. The Morgan fingerprint density at radius 1 is 0.468 bits per heavy atom. The fourth-order valence-electron chi connectivity index (χ4n) is 5.25. The summed E-state index contributed by atoms with van der Waals surface area (Å²) in [5, 5.41) is 5.95. The predicted octanol–water partition coefficient (Wildman–Crippen LogP) is 10.5. The number of carbonyl (C=O) groups excluding carboxylic acids is 2. The molecular formula is C41H50N2O4. The molecule has 0 atom stereocenters. The lowest BCUT2D eigenvalue weighted by Crippen LogP contribution is -2.12. The minimum atomic E-state index is -0.154. The minimum Gasteiger partial charge on any atom is -0.494 e. The highest BCUT2D eigenvalue weighted by Gasteiger charge is 2.09. The highest BCUT2D eigenvalue weighted by atomic mass is 16.5. The molecule has 0 bridgehead atoms. The molecule has 248 valence electrons. The first-order valence-corrected chi connectivity index (χ1v) is 17.3. The van der Waals surface area contributed by atoms with Crippen molar-refractivity contribution in [2.45, 2.75) is 84.5 Å². The molecule has 4 rings (SSSR count). The summed E-state index contributed by atoms with van der Waals surface area (Å²) in [6.07, 6.45) is 12.7. The van der Waals surface area contributed by atoms with Crippen LogP contribution in [0.25, 0.3) is 0 Å². The molecule has 0 aromatic heterocycles. The first-order valence-electron chi connectivity index (χ1n) is 17.3. The molecule has 4 aromatic rings. The molecule has 0 aliphatic heterocycles. The van der Waals surface area contributed by atoms with E-state index in [0.29, 0.717) is 24.3 Å². The van der Waals surface area contributed by atoms with Crippen LogP contribution < -0.4 is 20.1 Å². The standard InChI is InChI=1S/C41H50N2O4/c1-3-5-7-9-11-29-46-38-25-17-34(18-26-38)40(44)42-36-21-13-32(14-22-36)31-33-15-23-37(24-16-33)43-41(45)35-19-27-39(28-20-35)47-30-12-10-8-6-4-2/h13-28H,3-12,29-31H2,1-2H3,(H,42,44)(H,43,45). The maximum atomic E-state index is 12.8. The number of hydrogen-bond donors (Lipinski definition) is 2. The Morgan fingerprint density at radius 2 is 0.830 bits per heavy atom. The third kappa shape index (κ3) is 12.6. The number of nitrogens with one attached hydrogen (secondary N) is 2. The molecule has 0 heterocycles. The van der Waals surface area contributed by atoms with Crippen molar-refractivity contribution in [1.82, 2.24) is 0 Å². The summed E-state index contributed by atoms with van der Waals surface area (Å²) in [6, 6.07) is 30.3. The summed E-state index contributed by atoms with van der Waals surface area (Å²) in [5.74, 6) is 1.27. The van der Waals surface area contributed by atoms with Gasteiger partial charge in [0, 0.05) is 22.5 Å². The second-order valence-electron chi connectivity index (χ2n) is 12.1. The number of amides is 2. The van der Waals surface area contributed by atoms with Gasteiger partial charge in [0.1, 0.15) is 11.5 Å². The van der Waals surface area contributed by atoms with Crippen molar-refractivity contribution in [2.24, 2.45) is 0 Å². The van der Waals surface area contributed by atoms with E-state index >= 15 is 0 Å². The topological polar surface area (TPSA) is 76.7 Å². The van der Waals surface area contributed by atoms with Gasteiger partial charge >= 0.3 is 0 Å². The van der Waals surface area contributed by atoms with Crippen LogP contribution in [0.3, 0.4) is 0 Å². The molecule has 0 saturated carbocycles. The van der Waals surface area contributed by atoms with E-state index in [9.17, 15) is 9.59 Å². The second kappa shape index (κ2) is 19.8. The van der Waals surface area contributed by atoms with E-state index in [0.717, 1.165) is 53.3 Å². The maximum absolute atomic E-state index is 12.8. The number of ether oxygens (including phenoxy) is 2. The fraction of sp³-hybridized carbons (Fsp3) is 0.366. The van der Waals surface area contributed by atoms with E-state index in [1.54, 1.807) is 24.3 Å². The fourth-order valence-corrected chi connectivity index (χ4v) is 5.25. The molecule has 0 unspecified atom stereocenters. The highest BCUT2D eigenvalue weighted by Crippen LogP contribution is 2.20. The van der Waals surface area contributed by atoms with E-state index < -0.39 is 0 Å². The van der Waals surface area contributed by atoms with Crippen LogP contribution in [0.1, 0.15) is 110 Å². The zero-order chi connectivity index (χ0) is 33.1. The van der Waals surface area contributed by atoms with Crippen LogP contribution in [0, 0.1) is 0 Å². The van der Waals surface area contributed by atoms with Crippen LogP contribution in [-0.4, -0.2) is 25.0 Å². The second-order valence-corrected chi connectivity index (χ2v) is 12.1. The van der Waals surface area contributed by atoms with Gasteiger partial charge in [0.2, 0.25) is 0 Å². The Morgan fingerprint density at radius 3 is 1.19 bits per heavy atom. The SMILES string of the molecule is CCCCCCCOc1ccc(C(=O)Nc2ccc(Cc3ccc(NC(=O)c4ccc(OCCCCCCC)cc4)cc3)cc2)cc1. The number of hydrogen-bond acceptors (Lipinski definition) is 4. The van der Waals surface area contributed by atoms with Crippen LogP contribution in [-0.2, 0) is 6.42 Å². The average Bonchev–Trinajstić information content (AvgIpc) is 3.10. The monoisotopic (exact) mass is 634 g/mol. The smallest absolute Gasteiger partial charge is 0.255 e. The van der Waals surface area contributed by atoms with E-state index in [4.69, 9.17) is 9.47 Å². The zero-order valence-corrected chi connectivity index (χ0v) is 28.1. The molecule has 0 aliphatic rings. The molecule has 2 amide bonds. The number of rotatable bonds is 20. The van der Waals surface area contributed by atoms with Crippen LogP contribution >= 0.6 is 0 Å². The van der Waals surface area contributed by atoms with Crippen LogP contribution in [0.4, 0.5) is 11.4 Å². The van der Waals surface area contributed by atoms with Gasteiger partial charge in [0.15, 0.2) is 0 Å². The van der Waals surface area contributed by atoms with E-state index in [-0.39, 0.29) is 11.8 Å². The summed E-state index contributed by atoms with van der Waals surface area (Å²) in [5.41, 5.74) is 4.91. The molecule has 0 spiro atoms. The lowest BCUT2D eigenvalue weighted by Gasteiger charge is -2.10. The Kier molecular flexibility index (Phi) is 14.9. The van der Waals surface area contributed by atoms with Crippen molar-refractivity contribution < 1.29 is 19.1 Å². The minimum absolute atomic E-state index is 0.154. The van der Waals surface area contributed by atoms with Crippen molar-refractivity contribution in [2.75, 3.05) is 23.8 Å². The summed E-state index contributed by atoms with van der Waals surface area (Å²) in [7, 11) is 0. The van der Waals surface area contributed by atoms with Crippen molar-refractivity contribution in [3.8, 4) is 11.5 Å². The van der Waals surface area contributed by atoms with E-state index in [2.05, 4.69) is 24.5 Å². The molecule has 0 aliphatic carbocycles. The summed E-state index contributed by atoms with van der Waals surface area (Å²) in [6.45, 7) is 5.83. The lowest BCUT2D eigenvalue weighted by molar-refractivity contribution is 0.101. The van der Waals surface area contributed by atoms with Crippen molar-refractivity contribution in [3.63, 3.8) is 0 Å². The molecule has 0 saturated heterocycles. The average molecular weight is 635 g/mol. The van der Waals surface area contributed by atoms with Gasteiger partial charge in [0.25, 0.3) is 11.8 Å². The van der Waals surface area contributed by atoms with Crippen molar-refractivity contribution in [3.05, 3.63) is 119 Å². The Hall–Kier alpha value is -4.58. The zero-order valence-electron chi connectivity index (χ0n) is 28.1. The maximum Gasteiger partial charge on any atom is 0.255 e. The molecule has 6 nitrogen and oxygen atoms in total. The number of benzene rings is 4. The highest BCUT2D eigenvalue weighted by molar-refractivity contribution is 6.05. The first-order chi connectivity index (χ1) is 23.0. The van der Waals surface area contributed by atoms with Crippen molar-refractivity contribution in [1.29, 1.82) is 0 Å². The Labute approximate surface area is 280 Å². The molecular weight excluding hydrogens is 584 g/mol. The molecule has 6 heteroatoms. The normalized spacial score (nSPS) is 10.8.